The molecule has 6 nitrogen and oxygen atoms in total. The fourth-order valence-corrected chi connectivity index (χ4v) is 8.62. The molecular formula is C71H118O6. The Hall–Kier alpha value is -4.19. The molecule has 0 bridgehead atoms. The quantitative estimate of drug-likeness (QED) is 0.0261. The molecule has 0 saturated heterocycles. The van der Waals surface area contributed by atoms with Crippen LogP contribution in [0.3, 0.4) is 0 Å². The minimum absolute atomic E-state index is 0.0985. The minimum atomic E-state index is -0.804. The van der Waals surface area contributed by atoms with Crippen LogP contribution in [0.25, 0.3) is 0 Å². The van der Waals surface area contributed by atoms with Gasteiger partial charge < -0.3 is 14.2 Å². The van der Waals surface area contributed by atoms with Gasteiger partial charge >= 0.3 is 17.9 Å². The molecule has 0 amide bonds. The largest absolute Gasteiger partial charge is 0.462 e. The Labute approximate surface area is 475 Å². The van der Waals surface area contributed by atoms with Crippen molar-refractivity contribution >= 4 is 17.9 Å². The second kappa shape index (κ2) is 64.3. The van der Waals surface area contributed by atoms with E-state index in [1.165, 1.54) is 128 Å². The highest BCUT2D eigenvalue weighted by Gasteiger charge is 2.19. The highest BCUT2D eigenvalue weighted by Crippen LogP contribution is 2.15. The lowest BCUT2D eigenvalue weighted by Gasteiger charge is -2.18. The molecule has 0 aliphatic carbocycles. The van der Waals surface area contributed by atoms with E-state index in [0.717, 1.165) is 116 Å². The normalized spacial score (nSPS) is 12.9. The summed E-state index contributed by atoms with van der Waals surface area (Å²) >= 11 is 0. The molecule has 0 aromatic heterocycles. The van der Waals surface area contributed by atoms with Gasteiger partial charge in [-0.1, -0.05) is 258 Å². The first-order valence-electron chi connectivity index (χ1n) is 32.0. The first-order chi connectivity index (χ1) is 38.0. The van der Waals surface area contributed by atoms with Gasteiger partial charge in [0.15, 0.2) is 6.10 Å². The molecular weight excluding hydrogens is 949 g/mol. The van der Waals surface area contributed by atoms with E-state index in [-0.39, 0.29) is 31.1 Å². The fourth-order valence-electron chi connectivity index (χ4n) is 8.62. The molecule has 0 aliphatic heterocycles. The molecule has 0 rings (SSSR count). The summed E-state index contributed by atoms with van der Waals surface area (Å²) in [7, 11) is 0. The fraction of sp³-hybridized carbons (Fsp3) is 0.676. The van der Waals surface area contributed by atoms with Gasteiger partial charge in [-0.2, -0.15) is 0 Å². The summed E-state index contributed by atoms with van der Waals surface area (Å²) in [5, 5.41) is 0. The maximum Gasteiger partial charge on any atom is 0.306 e. The topological polar surface area (TPSA) is 78.9 Å². The lowest BCUT2D eigenvalue weighted by atomic mass is 10.1. The second-order valence-electron chi connectivity index (χ2n) is 20.9. The lowest BCUT2D eigenvalue weighted by molar-refractivity contribution is -0.167. The van der Waals surface area contributed by atoms with E-state index in [1.807, 2.05) is 0 Å². The monoisotopic (exact) mass is 1070 g/mol. The number of hydrogen-bond acceptors (Lipinski definition) is 6. The zero-order chi connectivity index (χ0) is 55.7. The van der Waals surface area contributed by atoms with Crippen LogP contribution in [0.1, 0.15) is 290 Å². The average Bonchev–Trinajstić information content (AvgIpc) is 3.43. The average molecular weight is 1070 g/mol. The Morgan fingerprint density at radius 1 is 0.273 bits per heavy atom. The first kappa shape index (κ1) is 72.8. The molecule has 1 atom stereocenters. The summed E-state index contributed by atoms with van der Waals surface area (Å²) < 4.78 is 16.9. The number of carbonyl (C=O) groups excluding carboxylic acids is 3. The van der Waals surface area contributed by atoms with Crippen molar-refractivity contribution in [1.82, 2.24) is 0 Å². The summed E-state index contributed by atoms with van der Waals surface area (Å²) in [5.74, 6) is -0.950. The van der Waals surface area contributed by atoms with Crippen LogP contribution in [0.2, 0.25) is 0 Å². The first-order valence-corrected chi connectivity index (χ1v) is 32.0. The standard InChI is InChI=1S/C71H118O6/c1-4-7-10-13-16-19-22-25-27-29-31-32-33-34-35-36-37-38-40-41-43-46-49-52-55-58-61-64-70(73)76-67-68(66-75-69(72)63-60-57-54-51-48-45-24-21-18-15-12-9-6-3)77-71(74)65-62-59-56-53-50-47-44-42-39-30-28-26-23-20-17-14-11-8-5-2/h7,10,16,19,21,24-28,31-32,34-35,37-38,41,43,49,52,68H,4-6,8-9,11-15,17-18,20,22-23,29-30,33,36,39-40,42,44-48,50-51,53-67H2,1-3H3/b10-7-,19-16-,24-21-,27-25-,28-26-,32-31-,35-34-,38-37-,43-41-,52-49-. The lowest BCUT2D eigenvalue weighted by Crippen LogP contribution is -2.30. The molecule has 438 valence electrons. The predicted molar refractivity (Wildman–Crippen MR) is 334 cm³/mol. The number of esters is 3. The molecule has 0 aromatic carbocycles. The second-order valence-corrected chi connectivity index (χ2v) is 20.9. The van der Waals surface area contributed by atoms with Crippen molar-refractivity contribution in [3.05, 3.63) is 122 Å². The van der Waals surface area contributed by atoms with Crippen LogP contribution in [-0.4, -0.2) is 37.2 Å². The molecule has 0 spiro atoms. The summed E-state index contributed by atoms with van der Waals surface area (Å²) in [5.41, 5.74) is 0. The van der Waals surface area contributed by atoms with Gasteiger partial charge in [0.25, 0.3) is 0 Å². The van der Waals surface area contributed by atoms with Gasteiger partial charge in [0, 0.05) is 19.3 Å². The third-order valence-corrected chi connectivity index (χ3v) is 13.4. The molecule has 1 unspecified atom stereocenters. The highest BCUT2D eigenvalue weighted by atomic mass is 16.6. The van der Waals surface area contributed by atoms with E-state index >= 15 is 0 Å². The van der Waals surface area contributed by atoms with E-state index in [4.69, 9.17) is 14.2 Å². The van der Waals surface area contributed by atoms with Gasteiger partial charge in [-0.25, -0.2) is 0 Å². The van der Waals surface area contributed by atoms with E-state index in [2.05, 4.69) is 142 Å². The third kappa shape index (κ3) is 62.5. The zero-order valence-electron chi connectivity index (χ0n) is 50.2. The number of rotatable bonds is 57. The SMILES string of the molecule is CC/C=C\C/C=C\C/C=C\C/C=C\C/C=C\C/C=C\C/C=C\C/C=C\CCCCC(=O)OCC(COC(=O)CCCCCCC/C=C\CCCCCC)OC(=O)CCCCCCCCCCC/C=C\CCCCCCCC. The van der Waals surface area contributed by atoms with Crippen molar-refractivity contribution in [3.8, 4) is 0 Å². The molecule has 0 saturated carbocycles. The number of carbonyl (C=O) groups is 3. The number of ether oxygens (including phenoxy) is 3. The summed E-state index contributed by atoms with van der Waals surface area (Å²) in [6, 6.07) is 0. The maximum atomic E-state index is 12.9. The molecule has 6 heteroatoms. The molecule has 0 radical (unpaired) electrons. The minimum Gasteiger partial charge on any atom is -0.462 e. The van der Waals surface area contributed by atoms with Crippen molar-refractivity contribution in [3.63, 3.8) is 0 Å². The van der Waals surface area contributed by atoms with Crippen LogP contribution in [0.5, 0.6) is 0 Å². The van der Waals surface area contributed by atoms with Gasteiger partial charge in [0.2, 0.25) is 0 Å². The third-order valence-electron chi connectivity index (χ3n) is 13.4. The van der Waals surface area contributed by atoms with Crippen molar-refractivity contribution in [2.45, 2.75) is 297 Å². The molecule has 0 fully saturated rings. The Kier molecular flexibility index (Phi) is 60.8. The molecule has 0 aromatic rings. The van der Waals surface area contributed by atoms with Crippen LogP contribution >= 0.6 is 0 Å². The van der Waals surface area contributed by atoms with E-state index in [0.29, 0.717) is 25.7 Å². The van der Waals surface area contributed by atoms with Crippen molar-refractivity contribution < 1.29 is 28.6 Å². The van der Waals surface area contributed by atoms with Gasteiger partial charge in [0.1, 0.15) is 13.2 Å². The van der Waals surface area contributed by atoms with Crippen molar-refractivity contribution in [2.75, 3.05) is 13.2 Å². The predicted octanol–water partition coefficient (Wildman–Crippen LogP) is 22.0. The van der Waals surface area contributed by atoms with Gasteiger partial charge in [-0.05, 0) is 135 Å². The maximum absolute atomic E-state index is 12.9. The van der Waals surface area contributed by atoms with E-state index in [1.54, 1.807) is 0 Å². The molecule has 0 aliphatic rings. The van der Waals surface area contributed by atoms with Crippen LogP contribution in [0.15, 0.2) is 122 Å². The number of unbranched alkanes of at least 4 members (excludes halogenated alkanes) is 26. The summed E-state index contributed by atoms with van der Waals surface area (Å²) in [4.78, 5) is 38.3. The van der Waals surface area contributed by atoms with Gasteiger partial charge in [0.05, 0.1) is 0 Å². The van der Waals surface area contributed by atoms with E-state index < -0.39 is 6.10 Å². The number of allylic oxidation sites excluding steroid dienone is 20. The highest BCUT2D eigenvalue weighted by molar-refractivity contribution is 5.71. The van der Waals surface area contributed by atoms with Crippen LogP contribution in [0, 0.1) is 0 Å². The Morgan fingerprint density at radius 2 is 0.506 bits per heavy atom. The van der Waals surface area contributed by atoms with Gasteiger partial charge in [-0.3, -0.25) is 14.4 Å². The number of hydrogen-bond donors (Lipinski definition) is 0. The Morgan fingerprint density at radius 3 is 0.844 bits per heavy atom. The Balaban J connectivity index is 4.43. The van der Waals surface area contributed by atoms with Crippen molar-refractivity contribution in [2.24, 2.45) is 0 Å². The van der Waals surface area contributed by atoms with E-state index in [9.17, 15) is 14.4 Å². The van der Waals surface area contributed by atoms with Crippen molar-refractivity contribution in [1.29, 1.82) is 0 Å². The van der Waals surface area contributed by atoms with Gasteiger partial charge in [-0.15, -0.1) is 0 Å². The van der Waals surface area contributed by atoms with Crippen LogP contribution < -0.4 is 0 Å². The zero-order valence-corrected chi connectivity index (χ0v) is 50.2. The molecule has 0 heterocycles. The molecule has 0 N–H and O–H groups in total. The van der Waals surface area contributed by atoms with Crippen LogP contribution in [0.4, 0.5) is 0 Å². The summed E-state index contributed by atoms with van der Waals surface area (Å²) in [6.45, 7) is 6.47. The smallest absolute Gasteiger partial charge is 0.306 e. The Bertz CT molecular complexity index is 1600. The molecule has 77 heavy (non-hydrogen) atoms. The van der Waals surface area contributed by atoms with Crippen LogP contribution in [-0.2, 0) is 28.6 Å². The summed E-state index contributed by atoms with van der Waals surface area (Å²) in [6.07, 6.45) is 89.2.